The first-order chi connectivity index (χ1) is 14.9. The molecule has 31 heavy (non-hydrogen) atoms. The van der Waals surface area contributed by atoms with Gasteiger partial charge in [-0.3, -0.25) is 0 Å². The summed E-state index contributed by atoms with van der Waals surface area (Å²) in [5.41, 5.74) is 0.783. The second-order valence-corrected chi connectivity index (χ2v) is 8.00. The average molecular weight is 447 g/mol. The quantitative estimate of drug-likeness (QED) is 0.486. The lowest BCUT2D eigenvalue weighted by Crippen LogP contribution is -2.63. The maximum Gasteiger partial charge on any atom is 0.133 e. The van der Waals surface area contributed by atoms with E-state index >= 15 is 0 Å². The first kappa shape index (κ1) is 23.6. The summed E-state index contributed by atoms with van der Waals surface area (Å²) in [6.07, 6.45) is 0.415. The van der Waals surface area contributed by atoms with E-state index in [0.717, 1.165) is 16.9 Å². The molecule has 1 fully saturated rings. The fourth-order valence-electron chi connectivity index (χ4n) is 3.94. The second kappa shape index (κ2) is 10.0. The molecule has 1 aliphatic rings. The van der Waals surface area contributed by atoms with Gasteiger partial charge < -0.3 is 29.9 Å². The van der Waals surface area contributed by atoms with Crippen LogP contribution in [0, 0.1) is 12.3 Å². The highest BCUT2D eigenvalue weighted by molar-refractivity contribution is 6.31. The zero-order valence-electron chi connectivity index (χ0n) is 17.2. The molecular formula is C24H27ClO6. The van der Waals surface area contributed by atoms with Crippen molar-refractivity contribution in [3.05, 3.63) is 64.2 Å². The Labute approximate surface area is 187 Å². The normalized spacial score (nSPS) is 28.2. The lowest BCUT2D eigenvalue weighted by molar-refractivity contribution is -0.278. The Morgan fingerprint density at radius 1 is 1.13 bits per heavy atom. The van der Waals surface area contributed by atoms with Gasteiger partial charge in [-0.1, -0.05) is 35.9 Å². The van der Waals surface area contributed by atoms with Crippen LogP contribution in [0.15, 0.2) is 42.5 Å². The van der Waals surface area contributed by atoms with E-state index in [2.05, 4.69) is 5.92 Å². The van der Waals surface area contributed by atoms with Crippen LogP contribution < -0.4 is 4.74 Å². The van der Waals surface area contributed by atoms with E-state index in [9.17, 15) is 20.4 Å². The van der Waals surface area contributed by atoms with Crippen molar-refractivity contribution >= 4 is 11.6 Å². The monoisotopic (exact) mass is 446 g/mol. The molecule has 0 radical (unpaired) electrons. The Balaban J connectivity index is 1.98. The minimum Gasteiger partial charge on any atom is -0.494 e. The third-order valence-electron chi connectivity index (χ3n) is 5.60. The third kappa shape index (κ3) is 4.73. The highest BCUT2D eigenvalue weighted by Crippen LogP contribution is 2.42. The Hall–Kier alpha value is -2.11. The molecule has 3 rings (SSSR count). The average Bonchev–Trinajstić information content (AvgIpc) is 2.77. The largest absolute Gasteiger partial charge is 0.494 e. The van der Waals surface area contributed by atoms with Gasteiger partial charge in [-0.05, 0) is 48.2 Å². The molecule has 0 amide bonds. The molecule has 0 saturated carbocycles. The van der Waals surface area contributed by atoms with Gasteiger partial charge in [0, 0.05) is 11.4 Å². The van der Waals surface area contributed by atoms with Gasteiger partial charge in [0.15, 0.2) is 0 Å². The summed E-state index contributed by atoms with van der Waals surface area (Å²) >= 11 is 6.43. The first-order valence-corrected chi connectivity index (χ1v) is 10.5. The number of ether oxygens (including phenoxy) is 2. The summed E-state index contributed by atoms with van der Waals surface area (Å²) < 4.78 is 11.4. The number of terminal acetylenes is 1. The summed E-state index contributed by atoms with van der Waals surface area (Å²) in [4.78, 5) is 0. The molecule has 0 aromatic heterocycles. The van der Waals surface area contributed by atoms with Gasteiger partial charge in [-0.25, -0.2) is 0 Å². The zero-order chi connectivity index (χ0) is 22.6. The molecular weight excluding hydrogens is 420 g/mol. The predicted molar refractivity (Wildman–Crippen MR) is 117 cm³/mol. The van der Waals surface area contributed by atoms with Crippen LogP contribution in [-0.4, -0.2) is 58.1 Å². The highest BCUT2D eigenvalue weighted by Gasteiger charge is 2.54. The van der Waals surface area contributed by atoms with Crippen LogP contribution in [-0.2, 0) is 16.8 Å². The van der Waals surface area contributed by atoms with Crippen molar-refractivity contribution in [3.63, 3.8) is 0 Å². The Kier molecular flexibility index (Phi) is 7.60. The van der Waals surface area contributed by atoms with Crippen molar-refractivity contribution in [2.24, 2.45) is 0 Å². The van der Waals surface area contributed by atoms with Crippen LogP contribution in [0.4, 0.5) is 0 Å². The lowest BCUT2D eigenvalue weighted by Gasteiger charge is -2.48. The van der Waals surface area contributed by atoms with Crippen LogP contribution in [0.5, 0.6) is 5.75 Å². The van der Waals surface area contributed by atoms with E-state index in [1.165, 1.54) is 0 Å². The van der Waals surface area contributed by atoms with E-state index in [-0.39, 0.29) is 6.42 Å². The molecule has 4 N–H and O–H groups in total. The summed E-state index contributed by atoms with van der Waals surface area (Å²) in [6, 6.07) is 12.8. The van der Waals surface area contributed by atoms with Gasteiger partial charge in [0.1, 0.15) is 35.8 Å². The van der Waals surface area contributed by atoms with Crippen molar-refractivity contribution in [3.8, 4) is 18.1 Å². The van der Waals surface area contributed by atoms with E-state index in [4.69, 9.17) is 27.5 Å². The number of aliphatic hydroxyl groups is 4. The zero-order valence-corrected chi connectivity index (χ0v) is 18.0. The van der Waals surface area contributed by atoms with Crippen LogP contribution in [0.3, 0.4) is 0 Å². The molecule has 2 aromatic rings. The van der Waals surface area contributed by atoms with Crippen molar-refractivity contribution in [2.75, 3.05) is 13.2 Å². The maximum absolute atomic E-state index is 10.8. The number of halogens is 1. The Morgan fingerprint density at radius 3 is 2.45 bits per heavy atom. The standard InChI is InChI=1S/C24H27ClO6/c1-3-11-24(23(29)22(28)21(27)20(14-26)31-24)17-7-10-19(25)16(13-17)12-15-5-8-18(9-6-15)30-4-2/h1,5-10,13,20-23,26-29H,4,11-12,14H2,2H3. The molecule has 0 spiro atoms. The van der Waals surface area contributed by atoms with Crippen LogP contribution >= 0.6 is 11.6 Å². The predicted octanol–water partition coefficient (Wildman–Crippen LogP) is 2.02. The van der Waals surface area contributed by atoms with Crippen molar-refractivity contribution in [2.45, 2.75) is 49.8 Å². The second-order valence-electron chi connectivity index (χ2n) is 7.60. The minimum absolute atomic E-state index is 0.0709. The summed E-state index contributed by atoms with van der Waals surface area (Å²) in [5, 5.41) is 41.5. The topological polar surface area (TPSA) is 99.4 Å². The summed E-state index contributed by atoms with van der Waals surface area (Å²) in [6.45, 7) is 1.97. The van der Waals surface area contributed by atoms with Crippen molar-refractivity contribution in [1.29, 1.82) is 0 Å². The fourth-order valence-corrected chi connectivity index (χ4v) is 4.12. The molecule has 1 aliphatic heterocycles. The summed E-state index contributed by atoms with van der Waals surface area (Å²) in [7, 11) is 0. The van der Waals surface area contributed by atoms with E-state index in [0.29, 0.717) is 23.6 Å². The number of aliphatic hydroxyl groups excluding tert-OH is 4. The SMILES string of the molecule is C#CCC1(c2ccc(Cl)c(Cc3ccc(OCC)cc3)c2)OC(CO)C(O)C(O)C1O. The molecule has 1 saturated heterocycles. The Morgan fingerprint density at radius 2 is 1.84 bits per heavy atom. The number of rotatable bonds is 7. The van der Waals surface area contributed by atoms with Gasteiger partial charge in [0.25, 0.3) is 0 Å². The number of hydrogen-bond acceptors (Lipinski definition) is 6. The van der Waals surface area contributed by atoms with Crippen molar-refractivity contribution < 1.29 is 29.9 Å². The number of benzene rings is 2. The fraction of sp³-hybridized carbons (Fsp3) is 0.417. The maximum atomic E-state index is 10.8. The van der Waals surface area contributed by atoms with Gasteiger partial charge in [0.2, 0.25) is 0 Å². The molecule has 0 bridgehead atoms. The molecule has 7 heteroatoms. The third-order valence-corrected chi connectivity index (χ3v) is 5.97. The molecule has 2 aromatic carbocycles. The molecule has 166 valence electrons. The van der Waals surface area contributed by atoms with Crippen LogP contribution in [0.1, 0.15) is 30.0 Å². The van der Waals surface area contributed by atoms with Gasteiger partial charge in [-0.2, -0.15) is 0 Å². The van der Waals surface area contributed by atoms with Crippen LogP contribution in [0.25, 0.3) is 0 Å². The van der Waals surface area contributed by atoms with E-state index in [1.807, 2.05) is 31.2 Å². The molecule has 5 atom stereocenters. The molecule has 0 aliphatic carbocycles. The number of hydrogen-bond donors (Lipinski definition) is 4. The molecule has 5 unspecified atom stereocenters. The highest BCUT2D eigenvalue weighted by atomic mass is 35.5. The van der Waals surface area contributed by atoms with Gasteiger partial charge >= 0.3 is 0 Å². The van der Waals surface area contributed by atoms with E-state index < -0.39 is 36.6 Å². The van der Waals surface area contributed by atoms with Gasteiger partial charge in [-0.15, -0.1) is 12.3 Å². The van der Waals surface area contributed by atoms with E-state index in [1.54, 1.807) is 18.2 Å². The minimum atomic E-state index is -1.54. The van der Waals surface area contributed by atoms with Crippen molar-refractivity contribution in [1.82, 2.24) is 0 Å². The Bertz CT molecular complexity index is 923. The molecule has 6 nitrogen and oxygen atoms in total. The molecule has 1 heterocycles. The van der Waals surface area contributed by atoms with Gasteiger partial charge in [0.05, 0.1) is 13.2 Å². The van der Waals surface area contributed by atoms with Crippen LogP contribution in [0.2, 0.25) is 5.02 Å². The summed E-state index contributed by atoms with van der Waals surface area (Å²) in [5.74, 6) is 3.26. The smallest absolute Gasteiger partial charge is 0.133 e. The first-order valence-electron chi connectivity index (χ1n) is 10.1. The lowest BCUT2D eigenvalue weighted by atomic mass is 9.77.